The fraction of sp³-hybridized carbons (Fsp3) is 0.423. The van der Waals surface area contributed by atoms with Gasteiger partial charge in [0, 0.05) is 37.2 Å². The summed E-state index contributed by atoms with van der Waals surface area (Å²) in [6, 6.07) is 18.1. The lowest BCUT2D eigenvalue weighted by Gasteiger charge is -2.32. The van der Waals surface area contributed by atoms with Crippen molar-refractivity contribution in [3.63, 3.8) is 0 Å². The molecule has 6 nitrogen and oxygen atoms in total. The number of rotatable bonds is 6. The number of nitrogens with zero attached hydrogens (tertiary/aromatic N) is 2. The smallest absolute Gasteiger partial charge is 0.267 e. The fourth-order valence-electron chi connectivity index (χ4n) is 4.53. The van der Waals surface area contributed by atoms with Crippen molar-refractivity contribution in [1.82, 2.24) is 10.2 Å². The second-order valence-corrected chi connectivity index (χ2v) is 8.87. The molecule has 1 fully saturated rings. The first-order chi connectivity index (χ1) is 15.5. The lowest BCUT2D eigenvalue weighted by atomic mass is 9.89. The Kier molecular flexibility index (Phi) is 6.58. The number of benzene rings is 2. The molecule has 1 N–H and O–H groups in total. The maximum Gasteiger partial charge on any atom is 0.267 e. The zero-order chi connectivity index (χ0) is 22.6. The number of oxime groups is 1. The SMILES string of the molecule is CCNC(=O)C1(C)CC(c2ccccc2C(=O)N2CCC(Cc3ccccc3)CC2)=NO1. The molecule has 1 saturated heterocycles. The van der Waals surface area contributed by atoms with Crippen molar-refractivity contribution in [2.75, 3.05) is 19.6 Å². The molecule has 2 amide bonds. The third-order valence-electron chi connectivity index (χ3n) is 6.42. The molecule has 6 heteroatoms. The van der Waals surface area contributed by atoms with E-state index in [4.69, 9.17) is 4.84 Å². The Morgan fingerprint density at radius 3 is 2.50 bits per heavy atom. The molecule has 32 heavy (non-hydrogen) atoms. The van der Waals surface area contributed by atoms with E-state index >= 15 is 0 Å². The maximum absolute atomic E-state index is 13.4. The summed E-state index contributed by atoms with van der Waals surface area (Å²) in [5.74, 6) is 0.429. The Balaban J connectivity index is 1.42. The molecule has 0 bridgehead atoms. The van der Waals surface area contributed by atoms with Crippen LogP contribution in [0.1, 0.15) is 54.6 Å². The van der Waals surface area contributed by atoms with Gasteiger partial charge in [-0.1, -0.05) is 53.7 Å². The molecule has 2 aliphatic heterocycles. The lowest BCUT2D eigenvalue weighted by Crippen LogP contribution is -2.44. The van der Waals surface area contributed by atoms with Crippen molar-refractivity contribution < 1.29 is 14.4 Å². The highest BCUT2D eigenvalue weighted by Crippen LogP contribution is 2.29. The molecule has 0 saturated carbocycles. The van der Waals surface area contributed by atoms with Crippen LogP contribution in [0.15, 0.2) is 59.8 Å². The summed E-state index contributed by atoms with van der Waals surface area (Å²) in [5, 5.41) is 6.99. The minimum atomic E-state index is -1.04. The van der Waals surface area contributed by atoms with Gasteiger partial charge < -0.3 is 15.1 Å². The van der Waals surface area contributed by atoms with E-state index in [0.717, 1.165) is 37.9 Å². The van der Waals surface area contributed by atoms with E-state index in [9.17, 15) is 9.59 Å². The van der Waals surface area contributed by atoms with Crippen molar-refractivity contribution in [2.45, 2.75) is 45.1 Å². The number of nitrogens with one attached hydrogen (secondary N) is 1. The van der Waals surface area contributed by atoms with Gasteiger partial charge in [0.2, 0.25) is 5.60 Å². The summed E-state index contributed by atoms with van der Waals surface area (Å²) in [6.45, 7) is 5.64. The molecule has 2 aromatic carbocycles. The Hall–Kier alpha value is -3.15. The average Bonchev–Trinajstić information content (AvgIpc) is 3.23. The first-order valence-corrected chi connectivity index (χ1v) is 11.5. The van der Waals surface area contributed by atoms with E-state index in [2.05, 4.69) is 34.7 Å². The predicted octanol–water partition coefficient (Wildman–Crippen LogP) is 3.80. The number of carbonyl (C=O) groups excluding carboxylic acids is 2. The molecule has 0 spiro atoms. The molecule has 0 aliphatic carbocycles. The molecule has 0 aromatic heterocycles. The monoisotopic (exact) mass is 433 g/mol. The summed E-state index contributed by atoms with van der Waals surface area (Å²) in [6.07, 6.45) is 3.40. The summed E-state index contributed by atoms with van der Waals surface area (Å²) in [5.41, 5.74) is 2.32. The number of hydrogen-bond acceptors (Lipinski definition) is 4. The molecule has 0 radical (unpaired) electrons. The van der Waals surface area contributed by atoms with Crippen molar-refractivity contribution in [3.8, 4) is 0 Å². The number of piperidine rings is 1. The van der Waals surface area contributed by atoms with Crippen LogP contribution in [0.25, 0.3) is 0 Å². The third kappa shape index (κ3) is 4.69. The summed E-state index contributed by atoms with van der Waals surface area (Å²) < 4.78 is 0. The zero-order valence-electron chi connectivity index (χ0n) is 18.8. The second kappa shape index (κ2) is 9.55. The largest absolute Gasteiger partial charge is 0.379 e. The van der Waals surface area contributed by atoms with Crippen LogP contribution in [0.4, 0.5) is 0 Å². The number of likely N-dealkylation sites (N-methyl/N-ethyl adjacent to an activating group) is 1. The van der Waals surface area contributed by atoms with Gasteiger partial charge in [-0.3, -0.25) is 9.59 Å². The van der Waals surface area contributed by atoms with Crippen LogP contribution < -0.4 is 5.32 Å². The van der Waals surface area contributed by atoms with Gasteiger partial charge in [-0.25, -0.2) is 0 Å². The third-order valence-corrected chi connectivity index (χ3v) is 6.42. The minimum absolute atomic E-state index is 0.0214. The molecular formula is C26H31N3O3. The maximum atomic E-state index is 13.4. The fourth-order valence-corrected chi connectivity index (χ4v) is 4.53. The quantitative estimate of drug-likeness (QED) is 0.753. The van der Waals surface area contributed by atoms with Crippen molar-refractivity contribution in [3.05, 3.63) is 71.3 Å². The van der Waals surface area contributed by atoms with Crippen LogP contribution in [0.2, 0.25) is 0 Å². The van der Waals surface area contributed by atoms with E-state index in [1.165, 1.54) is 5.56 Å². The van der Waals surface area contributed by atoms with Crippen LogP contribution in [0.3, 0.4) is 0 Å². The van der Waals surface area contributed by atoms with E-state index in [-0.39, 0.29) is 11.8 Å². The standard InChI is InChI=1S/C26H31N3O3/c1-3-27-25(31)26(2)18-23(28-32-26)21-11-7-8-12-22(21)24(30)29-15-13-20(14-16-29)17-19-9-5-4-6-10-19/h4-12,20H,3,13-18H2,1-2H3,(H,27,31). The summed E-state index contributed by atoms with van der Waals surface area (Å²) >= 11 is 0. The predicted molar refractivity (Wildman–Crippen MR) is 125 cm³/mol. The van der Waals surface area contributed by atoms with Gasteiger partial charge >= 0.3 is 0 Å². The number of carbonyl (C=O) groups is 2. The Morgan fingerprint density at radius 1 is 1.09 bits per heavy atom. The van der Waals surface area contributed by atoms with E-state index in [0.29, 0.717) is 30.2 Å². The van der Waals surface area contributed by atoms with E-state index in [1.54, 1.807) is 6.92 Å². The molecule has 1 atom stereocenters. The molecule has 2 heterocycles. The van der Waals surface area contributed by atoms with Crippen molar-refractivity contribution in [1.29, 1.82) is 0 Å². The number of hydrogen-bond donors (Lipinski definition) is 1. The first-order valence-electron chi connectivity index (χ1n) is 11.5. The van der Waals surface area contributed by atoms with Crippen LogP contribution >= 0.6 is 0 Å². The Bertz CT molecular complexity index is 996. The topological polar surface area (TPSA) is 71.0 Å². The van der Waals surface area contributed by atoms with Gasteiger partial charge in [0.05, 0.1) is 5.71 Å². The van der Waals surface area contributed by atoms with Gasteiger partial charge in [0.15, 0.2) is 0 Å². The van der Waals surface area contributed by atoms with Crippen molar-refractivity contribution >= 4 is 17.5 Å². The molecule has 1 unspecified atom stereocenters. The Labute approximate surface area is 189 Å². The van der Waals surface area contributed by atoms with E-state index in [1.807, 2.05) is 42.2 Å². The lowest BCUT2D eigenvalue weighted by molar-refractivity contribution is -0.141. The van der Waals surface area contributed by atoms with Crippen LogP contribution in [0.5, 0.6) is 0 Å². The Morgan fingerprint density at radius 2 is 1.78 bits per heavy atom. The van der Waals surface area contributed by atoms with Gasteiger partial charge in [-0.15, -0.1) is 0 Å². The summed E-state index contributed by atoms with van der Waals surface area (Å²) in [7, 11) is 0. The van der Waals surface area contributed by atoms with Gasteiger partial charge in [0.1, 0.15) is 0 Å². The highest BCUT2D eigenvalue weighted by atomic mass is 16.7. The second-order valence-electron chi connectivity index (χ2n) is 8.87. The van der Waals surface area contributed by atoms with Gasteiger partial charge in [-0.05, 0) is 50.7 Å². The number of amides is 2. The van der Waals surface area contributed by atoms with Crippen molar-refractivity contribution in [2.24, 2.45) is 11.1 Å². The summed E-state index contributed by atoms with van der Waals surface area (Å²) in [4.78, 5) is 33.2. The molecule has 168 valence electrons. The highest BCUT2D eigenvalue weighted by molar-refractivity contribution is 6.12. The normalized spacial score (nSPS) is 21.1. The minimum Gasteiger partial charge on any atom is -0.379 e. The molecule has 2 aromatic rings. The highest BCUT2D eigenvalue weighted by Gasteiger charge is 2.42. The molecule has 2 aliphatic rings. The van der Waals surface area contributed by atoms with Gasteiger partial charge in [-0.2, -0.15) is 0 Å². The van der Waals surface area contributed by atoms with Crippen LogP contribution in [0, 0.1) is 5.92 Å². The van der Waals surface area contributed by atoms with Gasteiger partial charge in [0.25, 0.3) is 11.8 Å². The van der Waals surface area contributed by atoms with Crippen LogP contribution in [-0.2, 0) is 16.1 Å². The number of likely N-dealkylation sites (tertiary alicyclic amines) is 1. The first kappa shape index (κ1) is 22.1. The van der Waals surface area contributed by atoms with Crippen LogP contribution in [-0.4, -0.2) is 47.7 Å². The van der Waals surface area contributed by atoms with E-state index < -0.39 is 5.60 Å². The molecule has 4 rings (SSSR count). The zero-order valence-corrected chi connectivity index (χ0v) is 18.8. The average molecular weight is 434 g/mol. The molecular weight excluding hydrogens is 402 g/mol.